The molecule has 0 bridgehead atoms. The molecule has 0 saturated heterocycles. The van der Waals surface area contributed by atoms with Gasteiger partial charge in [0.15, 0.2) is 6.61 Å². The number of ether oxygens (including phenoxy) is 2. The first kappa shape index (κ1) is 14.8. The number of hydrogen-bond donors (Lipinski definition) is 2. The second kappa shape index (κ2) is 7.95. The zero-order chi connectivity index (χ0) is 14.1. The highest BCUT2D eigenvalue weighted by Crippen LogP contribution is 2.24. The highest BCUT2D eigenvalue weighted by Gasteiger charge is 2.07. The molecule has 0 aliphatic carbocycles. The quantitative estimate of drug-likeness (QED) is 0.703. The minimum Gasteiger partial charge on any atom is -0.497 e. The molecule has 2 N–H and O–H groups in total. The Morgan fingerprint density at radius 2 is 2.32 bits per heavy atom. The van der Waals surface area contributed by atoms with Gasteiger partial charge < -0.3 is 19.9 Å². The van der Waals surface area contributed by atoms with Gasteiger partial charge in [-0.2, -0.15) is 5.26 Å². The van der Waals surface area contributed by atoms with Crippen LogP contribution in [0, 0.1) is 11.3 Å². The third-order valence-corrected chi connectivity index (χ3v) is 2.36. The van der Waals surface area contributed by atoms with Crippen molar-refractivity contribution < 1.29 is 19.4 Å². The van der Waals surface area contributed by atoms with Crippen molar-refractivity contribution in [2.75, 3.05) is 20.3 Å². The lowest BCUT2D eigenvalue weighted by Crippen LogP contribution is -2.29. The molecule has 6 heteroatoms. The van der Waals surface area contributed by atoms with Crippen molar-refractivity contribution in [1.82, 2.24) is 5.32 Å². The lowest BCUT2D eigenvalue weighted by Gasteiger charge is -2.11. The van der Waals surface area contributed by atoms with Crippen molar-refractivity contribution in [3.8, 4) is 17.6 Å². The number of nitrogens with zero attached hydrogens (tertiary/aromatic N) is 1. The number of methoxy groups -OCH3 is 1. The zero-order valence-electron chi connectivity index (χ0n) is 10.7. The third-order valence-electron chi connectivity index (χ3n) is 2.36. The fourth-order valence-corrected chi connectivity index (χ4v) is 1.38. The predicted molar refractivity (Wildman–Crippen MR) is 67.7 cm³/mol. The van der Waals surface area contributed by atoms with Gasteiger partial charge in [-0.15, -0.1) is 0 Å². The number of hydrogen-bond acceptors (Lipinski definition) is 5. The molecule has 19 heavy (non-hydrogen) atoms. The number of aliphatic hydroxyl groups excluding tert-OH is 1. The fourth-order valence-electron chi connectivity index (χ4n) is 1.38. The molecule has 0 heterocycles. The van der Waals surface area contributed by atoms with Gasteiger partial charge in [0.25, 0.3) is 5.91 Å². The Morgan fingerprint density at radius 1 is 1.53 bits per heavy atom. The van der Waals surface area contributed by atoms with Crippen molar-refractivity contribution in [2.24, 2.45) is 0 Å². The topological polar surface area (TPSA) is 91.6 Å². The fraction of sp³-hybridized carbons (Fsp3) is 0.385. The van der Waals surface area contributed by atoms with Crippen LogP contribution in [0.25, 0.3) is 0 Å². The van der Waals surface area contributed by atoms with E-state index in [0.717, 1.165) is 0 Å². The summed E-state index contributed by atoms with van der Waals surface area (Å²) in [5.74, 6) is 0.663. The molecule has 0 fully saturated rings. The summed E-state index contributed by atoms with van der Waals surface area (Å²) in [6, 6.07) is 6.90. The van der Waals surface area contributed by atoms with Gasteiger partial charge in [-0.05, 0) is 12.1 Å². The van der Waals surface area contributed by atoms with Crippen LogP contribution in [0.2, 0.25) is 0 Å². The standard InChI is InChI=1S/C13H16N2O4/c1-18-11-4-3-10(8-16)12(7-11)19-9-13(17)15-6-2-5-14/h3-4,7,16H,2,6,8-9H2,1H3,(H,15,17). The van der Waals surface area contributed by atoms with E-state index in [1.807, 2.05) is 6.07 Å². The Balaban J connectivity index is 2.56. The maximum Gasteiger partial charge on any atom is 0.257 e. The molecule has 0 radical (unpaired) electrons. The Kier molecular flexibility index (Phi) is 6.19. The number of benzene rings is 1. The molecule has 102 valence electrons. The summed E-state index contributed by atoms with van der Waals surface area (Å²) in [6.07, 6.45) is 0.257. The van der Waals surface area contributed by atoms with E-state index in [0.29, 0.717) is 23.6 Å². The van der Waals surface area contributed by atoms with E-state index in [9.17, 15) is 4.79 Å². The van der Waals surface area contributed by atoms with Gasteiger partial charge >= 0.3 is 0 Å². The van der Waals surface area contributed by atoms with Gasteiger partial charge in [0.05, 0.1) is 26.2 Å². The summed E-state index contributed by atoms with van der Waals surface area (Å²) in [7, 11) is 1.52. The van der Waals surface area contributed by atoms with Crippen molar-refractivity contribution in [3.63, 3.8) is 0 Å². The third kappa shape index (κ3) is 4.85. The van der Waals surface area contributed by atoms with Crippen LogP contribution >= 0.6 is 0 Å². The first-order chi connectivity index (χ1) is 9.21. The molecular formula is C13H16N2O4. The summed E-state index contributed by atoms with van der Waals surface area (Å²) < 4.78 is 10.4. The predicted octanol–water partition coefficient (Wildman–Crippen LogP) is 0.596. The zero-order valence-corrected chi connectivity index (χ0v) is 10.7. The first-order valence-corrected chi connectivity index (χ1v) is 5.75. The minimum atomic E-state index is -0.318. The SMILES string of the molecule is COc1ccc(CO)c(OCC(=O)NCCC#N)c1. The highest BCUT2D eigenvalue weighted by molar-refractivity contribution is 5.77. The van der Waals surface area contributed by atoms with E-state index >= 15 is 0 Å². The van der Waals surface area contributed by atoms with E-state index in [4.69, 9.17) is 19.8 Å². The molecule has 0 aliphatic heterocycles. The molecule has 1 aromatic carbocycles. The number of nitrogens with one attached hydrogen (secondary N) is 1. The largest absolute Gasteiger partial charge is 0.497 e. The van der Waals surface area contributed by atoms with Crippen LogP contribution in [-0.2, 0) is 11.4 Å². The highest BCUT2D eigenvalue weighted by atomic mass is 16.5. The van der Waals surface area contributed by atoms with Crippen molar-refractivity contribution >= 4 is 5.91 Å². The van der Waals surface area contributed by atoms with Crippen LogP contribution in [0.1, 0.15) is 12.0 Å². The van der Waals surface area contributed by atoms with Gasteiger partial charge in [0, 0.05) is 18.2 Å². The second-order valence-electron chi connectivity index (χ2n) is 3.68. The molecular weight excluding hydrogens is 248 g/mol. The number of aliphatic hydroxyl groups is 1. The minimum absolute atomic E-state index is 0.175. The normalized spacial score (nSPS) is 9.53. The van der Waals surface area contributed by atoms with Crippen molar-refractivity contribution in [2.45, 2.75) is 13.0 Å². The molecule has 1 aromatic rings. The van der Waals surface area contributed by atoms with Crippen LogP contribution in [0.3, 0.4) is 0 Å². The smallest absolute Gasteiger partial charge is 0.257 e. The average molecular weight is 264 g/mol. The molecule has 0 atom stereocenters. The molecule has 0 spiro atoms. The van der Waals surface area contributed by atoms with E-state index in [1.165, 1.54) is 7.11 Å². The molecule has 1 rings (SSSR count). The van der Waals surface area contributed by atoms with Gasteiger partial charge in [0.1, 0.15) is 11.5 Å². The molecule has 6 nitrogen and oxygen atoms in total. The summed E-state index contributed by atoms with van der Waals surface area (Å²) >= 11 is 0. The van der Waals surface area contributed by atoms with Gasteiger partial charge in [-0.1, -0.05) is 0 Å². The molecule has 0 unspecified atom stereocenters. The Bertz CT molecular complexity index is 468. The lowest BCUT2D eigenvalue weighted by molar-refractivity contribution is -0.123. The maximum absolute atomic E-state index is 11.4. The van der Waals surface area contributed by atoms with E-state index in [-0.39, 0.29) is 25.5 Å². The summed E-state index contributed by atoms with van der Waals surface area (Å²) in [4.78, 5) is 11.4. The van der Waals surface area contributed by atoms with Gasteiger partial charge in [-0.3, -0.25) is 4.79 Å². The number of rotatable bonds is 7. The van der Waals surface area contributed by atoms with E-state index < -0.39 is 0 Å². The molecule has 0 aliphatic rings. The van der Waals surface area contributed by atoms with Gasteiger partial charge in [0.2, 0.25) is 0 Å². The Morgan fingerprint density at radius 3 is 2.95 bits per heavy atom. The monoisotopic (exact) mass is 264 g/mol. The average Bonchev–Trinajstić information content (AvgIpc) is 2.45. The number of carbonyl (C=O) groups excluding carboxylic acids is 1. The number of amides is 1. The Hall–Kier alpha value is -2.26. The van der Waals surface area contributed by atoms with Crippen LogP contribution < -0.4 is 14.8 Å². The molecule has 1 amide bonds. The summed E-state index contributed by atoms with van der Waals surface area (Å²) in [5, 5.41) is 20.0. The van der Waals surface area contributed by atoms with Crippen LogP contribution in [-0.4, -0.2) is 31.3 Å². The summed E-state index contributed by atoms with van der Waals surface area (Å²) in [6.45, 7) is -0.0648. The summed E-state index contributed by atoms with van der Waals surface area (Å²) in [5.41, 5.74) is 0.575. The molecule has 0 aromatic heterocycles. The van der Waals surface area contributed by atoms with Crippen LogP contribution in [0.4, 0.5) is 0 Å². The number of carbonyl (C=O) groups is 1. The lowest BCUT2D eigenvalue weighted by atomic mass is 10.2. The Labute approximate surface area is 111 Å². The first-order valence-electron chi connectivity index (χ1n) is 5.75. The molecule has 0 saturated carbocycles. The maximum atomic E-state index is 11.4. The van der Waals surface area contributed by atoms with Crippen LogP contribution in [0.15, 0.2) is 18.2 Å². The second-order valence-corrected chi connectivity index (χ2v) is 3.68. The van der Waals surface area contributed by atoms with Crippen molar-refractivity contribution in [3.05, 3.63) is 23.8 Å². The van der Waals surface area contributed by atoms with E-state index in [1.54, 1.807) is 18.2 Å². The van der Waals surface area contributed by atoms with Gasteiger partial charge in [-0.25, -0.2) is 0 Å². The van der Waals surface area contributed by atoms with Crippen molar-refractivity contribution in [1.29, 1.82) is 5.26 Å². The number of nitriles is 1. The van der Waals surface area contributed by atoms with Crippen LogP contribution in [0.5, 0.6) is 11.5 Å². The van der Waals surface area contributed by atoms with E-state index in [2.05, 4.69) is 5.32 Å².